The molecular weight excluding hydrogens is 586 g/mol. The quantitative estimate of drug-likeness (QED) is 0.0928. The first-order chi connectivity index (χ1) is 19.8. The van der Waals surface area contributed by atoms with Crippen LogP contribution in [0, 0.1) is 0 Å². The number of carbonyl (C=O) groups is 1. The van der Waals surface area contributed by atoms with Crippen LogP contribution < -0.4 is 10.3 Å². The van der Waals surface area contributed by atoms with E-state index in [4.69, 9.17) is 14.5 Å². The predicted molar refractivity (Wildman–Crippen MR) is 156 cm³/mol. The molecular formula is C28H27N3O9S2. The van der Waals surface area contributed by atoms with Crippen molar-refractivity contribution in [3.05, 3.63) is 53.9 Å². The van der Waals surface area contributed by atoms with E-state index in [2.05, 4.69) is 4.99 Å². The Labute approximate surface area is 240 Å². The SMILES string of the molecule is CN(C)c1ccc2nc3c4cc5c(S(=O)(=O)O)cccc5c(S(=O)(=O)O)c4/c(=N\CCCCCC(=O)O)cc-3oc2c1. The number of benzene rings is 4. The zero-order valence-electron chi connectivity index (χ0n) is 22.6. The molecule has 0 saturated heterocycles. The molecule has 5 rings (SSSR count). The zero-order chi connectivity index (χ0) is 30.4. The molecule has 1 aliphatic heterocycles. The number of fused-ring (bicyclic) bond motifs is 5. The van der Waals surface area contributed by atoms with Crippen LogP contribution in [0.1, 0.15) is 25.7 Å². The van der Waals surface area contributed by atoms with Crippen molar-refractivity contribution >= 4 is 64.5 Å². The molecule has 3 N–H and O–H groups in total. The Morgan fingerprint density at radius 1 is 0.929 bits per heavy atom. The molecule has 12 nitrogen and oxygen atoms in total. The van der Waals surface area contributed by atoms with Gasteiger partial charge >= 0.3 is 5.97 Å². The zero-order valence-corrected chi connectivity index (χ0v) is 24.2. The summed E-state index contributed by atoms with van der Waals surface area (Å²) < 4.78 is 76.9. The van der Waals surface area contributed by atoms with Crippen molar-refractivity contribution in [2.75, 3.05) is 25.5 Å². The third-order valence-electron chi connectivity index (χ3n) is 6.89. The molecule has 1 aliphatic carbocycles. The summed E-state index contributed by atoms with van der Waals surface area (Å²) in [4.78, 5) is 20.9. The topological polar surface area (TPSA) is 188 Å². The minimum Gasteiger partial charge on any atom is -0.481 e. The van der Waals surface area contributed by atoms with E-state index in [-0.39, 0.29) is 51.3 Å². The number of carboxylic acid groups (broad SMARTS) is 1. The Morgan fingerprint density at radius 3 is 2.36 bits per heavy atom. The van der Waals surface area contributed by atoms with Crippen LogP contribution in [-0.4, -0.2) is 62.6 Å². The van der Waals surface area contributed by atoms with Crippen LogP contribution in [0.3, 0.4) is 0 Å². The van der Waals surface area contributed by atoms with Gasteiger partial charge in [-0.2, -0.15) is 16.8 Å². The minimum atomic E-state index is -4.98. The van der Waals surface area contributed by atoms with Gasteiger partial charge in [0, 0.05) is 66.4 Å². The fourth-order valence-corrected chi connectivity index (χ4v) is 6.60. The summed E-state index contributed by atoms with van der Waals surface area (Å²) in [5, 5.41) is 8.89. The normalized spacial score (nSPS) is 13.0. The highest BCUT2D eigenvalue weighted by Crippen LogP contribution is 2.39. The predicted octanol–water partition coefficient (Wildman–Crippen LogP) is 4.34. The van der Waals surface area contributed by atoms with E-state index in [0.717, 1.165) is 11.8 Å². The van der Waals surface area contributed by atoms with Gasteiger partial charge in [-0.1, -0.05) is 18.6 Å². The van der Waals surface area contributed by atoms with Crippen LogP contribution in [-0.2, 0) is 25.0 Å². The van der Waals surface area contributed by atoms with Crippen LogP contribution in [0.25, 0.3) is 44.1 Å². The molecule has 0 bridgehead atoms. The maximum Gasteiger partial charge on any atom is 0.303 e. The van der Waals surface area contributed by atoms with Crippen molar-refractivity contribution in [3.63, 3.8) is 0 Å². The maximum absolute atomic E-state index is 12.9. The number of carboxylic acids is 1. The molecule has 0 saturated carbocycles. The number of aromatic nitrogens is 1. The molecule has 0 atom stereocenters. The summed E-state index contributed by atoms with van der Waals surface area (Å²) in [5.41, 5.74) is 1.90. The van der Waals surface area contributed by atoms with E-state index in [9.17, 15) is 30.7 Å². The first-order valence-electron chi connectivity index (χ1n) is 12.9. The van der Waals surface area contributed by atoms with Gasteiger partial charge in [-0.05, 0) is 37.1 Å². The van der Waals surface area contributed by atoms with Gasteiger partial charge in [-0.25, -0.2) is 4.98 Å². The Hall–Kier alpha value is -4.11. The third kappa shape index (κ3) is 5.66. The molecule has 14 heteroatoms. The maximum atomic E-state index is 12.9. The molecule has 1 heterocycles. The van der Waals surface area contributed by atoms with Crippen molar-refractivity contribution in [2.24, 2.45) is 4.99 Å². The average molecular weight is 614 g/mol. The van der Waals surface area contributed by atoms with E-state index in [0.29, 0.717) is 30.4 Å². The number of hydrogen-bond acceptors (Lipinski definition) is 9. The van der Waals surface area contributed by atoms with Crippen LogP contribution >= 0.6 is 0 Å². The van der Waals surface area contributed by atoms with Gasteiger partial charge in [-0.3, -0.25) is 18.9 Å². The van der Waals surface area contributed by atoms with Gasteiger partial charge in [0.05, 0.1) is 5.36 Å². The van der Waals surface area contributed by atoms with Gasteiger partial charge in [0.25, 0.3) is 20.2 Å². The van der Waals surface area contributed by atoms with Crippen molar-refractivity contribution in [1.29, 1.82) is 0 Å². The summed E-state index contributed by atoms with van der Waals surface area (Å²) >= 11 is 0. The highest BCUT2D eigenvalue weighted by Gasteiger charge is 2.27. The van der Waals surface area contributed by atoms with Crippen LogP contribution in [0.15, 0.2) is 67.7 Å². The number of hydrogen-bond donors (Lipinski definition) is 3. The van der Waals surface area contributed by atoms with Gasteiger partial charge in [0.15, 0.2) is 11.3 Å². The first-order valence-corrected chi connectivity index (χ1v) is 15.8. The van der Waals surface area contributed by atoms with Crippen LogP contribution in [0.2, 0.25) is 0 Å². The number of unbranched alkanes of at least 4 members (excludes halogenated alkanes) is 2. The van der Waals surface area contributed by atoms with Gasteiger partial charge in [-0.15, -0.1) is 0 Å². The summed E-state index contributed by atoms with van der Waals surface area (Å²) in [7, 11) is -6.04. The van der Waals surface area contributed by atoms with Crippen LogP contribution in [0.4, 0.5) is 5.69 Å². The second-order valence-corrected chi connectivity index (χ2v) is 12.8. The minimum absolute atomic E-state index is 0.00230. The molecule has 0 amide bonds. The Bertz CT molecular complexity index is 2140. The number of rotatable bonds is 9. The Balaban J connectivity index is 1.90. The molecule has 42 heavy (non-hydrogen) atoms. The highest BCUT2D eigenvalue weighted by atomic mass is 32.2. The molecule has 0 radical (unpaired) electrons. The number of nitrogens with zero attached hydrogens (tertiary/aromatic N) is 3. The molecule has 220 valence electrons. The molecule has 0 unspecified atom stereocenters. The van der Waals surface area contributed by atoms with Crippen molar-refractivity contribution in [3.8, 4) is 11.5 Å². The van der Waals surface area contributed by atoms with E-state index in [1.165, 1.54) is 24.3 Å². The molecule has 0 fully saturated rings. The first kappa shape index (κ1) is 29.4. The van der Waals surface area contributed by atoms with E-state index < -0.39 is 36.0 Å². The summed E-state index contributed by atoms with van der Waals surface area (Å²) in [6, 6.07) is 11.9. The lowest BCUT2D eigenvalue weighted by atomic mass is 9.99. The van der Waals surface area contributed by atoms with Crippen molar-refractivity contribution < 1.29 is 40.3 Å². The monoisotopic (exact) mass is 613 g/mol. The van der Waals surface area contributed by atoms with Gasteiger partial charge in [0.2, 0.25) is 0 Å². The standard InChI is InChI=1S/C28H27N3O9S2/c1-31(2)16-10-11-20-22(13-16)40-23-15-21(29-12-5-3-4-9-25(32)33)26-19(27(23)30-20)14-18-17(28(26)42(37,38)39)7-6-8-24(18)41(34,35)36/h6-8,10-11,13-15H,3-5,9,12H2,1-2H3,(H,32,33)(H,34,35,36)(H,37,38,39)/b29-21-. The van der Waals surface area contributed by atoms with E-state index in [1.54, 1.807) is 12.1 Å². The van der Waals surface area contributed by atoms with E-state index >= 15 is 0 Å². The second-order valence-electron chi connectivity index (χ2n) is 10.0. The average Bonchev–Trinajstić information content (AvgIpc) is 2.90. The van der Waals surface area contributed by atoms with Crippen LogP contribution in [0.5, 0.6) is 0 Å². The largest absolute Gasteiger partial charge is 0.481 e. The smallest absolute Gasteiger partial charge is 0.303 e. The fourth-order valence-electron chi connectivity index (χ4n) is 4.97. The summed E-state index contributed by atoms with van der Waals surface area (Å²) in [6.45, 7) is 0.208. The molecule has 0 aromatic heterocycles. The number of anilines is 1. The lowest BCUT2D eigenvalue weighted by Gasteiger charge is -2.17. The summed E-state index contributed by atoms with van der Waals surface area (Å²) in [5.74, 6) is -0.680. The lowest BCUT2D eigenvalue weighted by Crippen LogP contribution is -2.14. The van der Waals surface area contributed by atoms with Gasteiger partial charge in [0.1, 0.15) is 21.0 Å². The molecule has 3 aromatic rings. The number of aliphatic carboxylic acids is 1. The molecule has 0 spiro atoms. The molecule has 2 aliphatic rings. The third-order valence-corrected chi connectivity index (χ3v) is 8.74. The lowest BCUT2D eigenvalue weighted by molar-refractivity contribution is -0.137. The highest BCUT2D eigenvalue weighted by molar-refractivity contribution is 7.86. The Kier molecular flexibility index (Phi) is 7.66. The molecule has 3 aromatic carbocycles. The van der Waals surface area contributed by atoms with E-state index in [1.807, 2.05) is 25.1 Å². The van der Waals surface area contributed by atoms with Crippen molar-refractivity contribution in [1.82, 2.24) is 4.98 Å². The summed E-state index contributed by atoms with van der Waals surface area (Å²) in [6.07, 6.45) is 1.54. The second kappa shape index (κ2) is 10.9. The fraction of sp³-hybridized carbons (Fsp3) is 0.250. The Morgan fingerprint density at radius 2 is 1.69 bits per heavy atom. The van der Waals surface area contributed by atoms with Crippen molar-refractivity contribution in [2.45, 2.75) is 35.5 Å². The van der Waals surface area contributed by atoms with Gasteiger partial charge < -0.3 is 14.4 Å².